The lowest BCUT2D eigenvalue weighted by molar-refractivity contribution is 0.384. The van der Waals surface area contributed by atoms with Crippen molar-refractivity contribution in [3.63, 3.8) is 0 Å². The van der Waals surface area contributed by atoms with E-state index in [1.807, 2.05) is 0 Å². The van der Waals surface area contributed by atoms with Crippen LogP contribution in [0.4, 0.5) is 0 Å². The van der Waals surface area contributed by atoms with Gasteiger partial charge in [0.25, 0.3) is 0 Å². The van der Waals surface area contributed by atoms with Crippen LogP contribution in [-0.4, -0.2) is 11.0 Å². The Kier molecular flexibility index (Phi) is 11.2. The van der Waals surface area contributed by atoms with E-state index >= 15 is 0 Å². The maximum Gasteiger partial charge on any atom is 0.393 e. The van der Waals surface area contributed by atoms with E-state index in [1.54, 1.807) is 0 Å². The smallest absolute Gasteiger partial charge is 0.393 e. The van der Waals surface area contributed by atoms with Crippen LogP contribution in [0.15, 0.2) is 48.5 Å². The molecule has 240 valence electrons. The highest BCUT2D eigenvalue weighted by atomic mass is 31.2. The van der Waals surface area contributed by atoms with Crippen LogP contribution in [0, 0.1) is 83.1 Å². The molecular weight excluding hydrogens is 596 g/mol. The molecule has 0 bridgehead atoms. The Hall–Kier alpha value is -3.10. The summed E-state index contributed by atoms with van der Waals surface area (Å²) in [5.41, 5.74) is 13.3. The first-order valence-corrected chi connectivity index (χ1v) is 17.8. The monoisotopic (exact) mass is 645 g/mol. The Balaban J connectivity index is 1.89. The number of aryl methyl sites for hydroxylation is 12. The molecule has 0 fully saturated rings. The Bertz CT molecular complexity index is 1370. The lowest BCUT2D eigenvalue weighted by atomic mass is 10.1. The van der Waals surface area contributed by atoms with Crippen molar-refractivity contribution in [2.75, 3.05) is 6.54 Å². The summed E-state index contributed by atoms with van der Waals surface area (Å²) in [5, 5.41) is 0. The van der Waals surface area contributed by atoms with Crippen LogP contribution in [0.2, 0.25) is 0 Å². The van der Waals surface area contributed by atoms with Crippen LogP contribution in [-0.2, 0) is 0 Å². The molecule has 0 aliphatic heterocycles. The maximum atomic E-state index is 6.97. The van der Waals surface area contributed by atoms with Gasteiger partial charge in [-0.1, -0.05) is 77.7 Å². The zero-order chi connectivity index (χ0) is 33.2. The minimum atomic E-state index is -1.73. The third kappa shape index (κ3) is 8.20. The van der Waals surface area contributed by atoms with Crippen molar-refractivity contribution in [3.05, 3.63) is 115 Å². The summed E-state index contributed by atoms with van der Waals surface area (Å²) < 4.78 is 30.0. The topological polar surface area (TPSA) is 40.2 Å². The van der Waals surface area contributed by atoms with E-state index in [-0.39, 0.29) is 0 Å². The number of hydrogen-bond acceptors (Lipinski definition) is 5. The summed E-state index contributed by atoms with van der Waals surface area (Å²) in [5.74, 6) is 3.31. The van der Waals surface area contributed by atoms with Crippen LogP contribution < -0.4 is 18.1 Å². The molecular formula is C38H49NO4P2. The van der Waals surface area contributed by atoms with E-state index in [2.05, 4.69) is 143 Å². The molecule has 0 heterocycles. The van der Waals surface area contributed by atoms with Gasteiger partial charge in [-0.15, -0.1) is 4.44 Å². The van der Waals surface area contributed by atoms with Gasteiger partial charge in [-0.2, -0.15) is 0 Å². The Labute approximate surface area is 273 Å². The average molecular weight is 646 g/mol. The second kappa shape index (κ2) is 14.5. The molecule has 4 aromatic carbocycles. The van der Waals surface area contributed by atoms with Gasteiger partial charge in [-0.25, -0.2) is 0 Å². The van der Waals surface area contributed by atoms with Gasteiger partial charge >= 0.3 is 17.1 Å². The van der Waals surface area contributed by atoms with E-state index in [1.165, 1.54) is 22.3 Å². The molecule has 0 spiro atoms. The molecule has 45 heavy (non-hydrogen) atoms. The van der Waals surface area contributed by atoms with Gasteiger partial charge in [-0.05, 0) is 128 Å². The molecule has 0 atom stereocenters. The van der Waals surface area contributed by atoms with Crippen molar-refractivity contribution in [2.45, 2.75) is 90.0 Å². The first kappa shape index (κ1) is 34.8. The van der Waals surface area contributed by atoms with Gasteiger partial charge < -0.3 is 18.1 Å². The zero-order valence-corrected chi connectivity index (χ0v) is 31.1. The SMILES string of the molecule is CCN(P(Oc1c(C)cc(C)cc1C)Oc1c(C)cc(C)cc1C)P(Oc1c(C)cc(C)cc1C)Oc1c(C)cc(C)cc1C. The fraction of sp³-hybridized carbons (Fsp3) is 0.368. The highest BCUT2D eigenvalue weighted by Crippen LogP contribution is 2.60. The van der Waals surface area contributed by atoms with Crippen molar-refractivity contribution < 1.29 is 18.1 Å². The number of benzene rings is 4. The van der Waals surface area contributed by atoms with Gasteiger partial charge in [-0.3, -0.25) is 0 Å². The number of rotatable bonds is 11. The standard InChI is InChI=1S/C38H49NO4P2/c1-14-39(44(40-35-27(6)15-23(2)16-28(35)7)41-36-29(8)17-24(3)18-30(36)9)45(42-37-31(10)19-25(4)20-32(37)11)43-38-33(12)21-26(5)22-34(38)13/h15-22H,14H2,1-13H3. The lowest BCUT2D eigenvalue weighted by Gasteiger charge is -2.34. The van der Waals surface area contributed by atoms with Crippen LogP contribution in [0.1, 0.15) is 73.7 Å². The van der Waals surface area contributed by atoms with E-state index in [9.17, 15) is 0 Å². The summed E-state index contributed by atoms with van der Waals surface area (Å²) in [7, 11) is -3.46. The second-order valence-electron chi connectivity index (χ2n) is 12.4. The zero-order valence-electron chi connectivity index (χ0n) is 29.3. The van der Waals surface area contributed by atoms with Crippen LogP contribution in [0.25, 0.3) is 0 Å². The first-order chi connectivity index (χ1) is 21.2. The molecule has 0 amide bonds. The molecule has 5 nitrogen and oxygen atoms in total. The molecule has 4 aromatic rings. The Morgan fingerprint density at radius 2 is 0.556 bits per heavy atom. The fourth-order valence-corrected chi connectivity index (χ4v) is 9.68. The van der Waals surface area contributed by atoms with E-state index in [4.69, 9.17) is 18.1 Å². The van der Waals surface area contributed by atoms with E-state index in [0.717, 1.165) is 67.5 Å². The first-order valence-electron chi connectivity index (χ1n) is 15.6. The third-order valence-corrected chi connectivity index (χ3v) is 11.3. The molecule has 0 unspecified atom stereocenters. The summed E-state index contributed by atoms with van der Waals surface area (Å²) >= 11 is 0. The summed E-state index contributed by atoms with van der Waals surface area (Å²) in [4.78, 5) is 0. The normalized spacial score (nSPS) is 11.5. The molecule has 0 saturated heterocycles. The molecule has 0 saturated carbocycles. The Morgan fingerprint density at radius 1 is 0.378 bits per heavy atom. The van der Waals surface area contributed by atoms with Gasteiger partial charge in [0, 0.05) is 6.54 Å². The average Bonchev–Trinajstić information content (AvgIpc) is 2.91. The third-order valence-electron chi connectivity index (χ3n) is 7.76. The lowest BCUT2D eigenvalue weighted by Crippen LogP contribution is -2.23. The molecule has 7 heteroatoms. The highest BCUT2D eigenvalue weighted by molar-refractivity contribution is 7.61. The fourth-order valence-electron chi connectivity index (χ4n) is 6.07. The highest BCUT2D eigenvalue weighted by Gasteiger charge is 2.39. The summed E-state index contributed by atoms with van der Waals surface area (Å²) in [6.07, 6.45) is 0. The van der Waals surface area contributed by atoms with Crippen LogP contribution >= 0.6 is 17.1 Å². The van der Waals surface area contributed by atoms with Crippen LogP contribution in [0.5, 0.6) is 23.0 Å². The molecule has 0 radical (unpaired) electrons. The minimum Gasteiger partial charge on any atom is -0.426 e. The molecule has 4 rings (SSSR count). The molecule has 0 aliphatic rings. The van der Waals surface area contributed by atoms with Crippen LogP contribution in [0.3, 0.4) is 0 Å². The second-order valence-corrected chi connectivity index (χ2v) is 15.4. The number of nitrogens with zero attached hydrogens (tertiary/aromatic N) is 1. The summed E-state index contributed by atoms with van der Waals surface area (Å²) in [6.45, 7) is 27.9. The number of hydrogen-bond donors (Lipinski definition) is 0. The van der Waals surface area contributed by atoms with E-state index < -0.39 is 17.1 Å². The van der Waals surface area contributed by atoms with Gasteiger partial charge in [0.05, 0.1) is 0 Å². The molecule has 0 N–H and O–H groups in total. The quantitative estimate of drug-likeness (QED) is 0.152. The maximum absolute atomic E-state index is 6.97. The van der Waals surface area contributed by atoms with Gasteiger partial charge in [0.2, 0.25) is 0 Å². The predicted molar refractivity (Wildman–Crippen MR) is 191 cm³/mol. The minimum absolute atomic E-state index is 0.583. The summed E-state index contributed by atoms with van der Waals surface area (Å²) in [6, 6.07) is 17.2. The van der Waals surface area contributed by atoms with Crippen molar-refractivity contribution in [1.82, 2.24) is 4.44 Å². The van der Waals surface area contributed by atoms with Gasteiger partial charge in [0.15, 0.2) is 0 Å². The predicted octanol–water partition coefficient (Wildman–Crippen LogP) is 11.8. The van der Waals surface area contributed by atoms with Crippen molar-refractivity contribution in [3.8, 4) is 23.0 Å². The largest absolute Gasteiger partial charge is 0.426 e. The van der Waals surface area contributed by atoms with Gasteiger partial charge in [0.1, 0.15) is 23.0 Å². The molecule has 0 aliphatic carbocycles. The molecule has 0 aromatic heterocycles. The Morgan fingerprint density at radius 3 is 0.711 bits per heavy atom. The van der Waals surface area contributed by atoms with Crippen molar-refractivity contribution in [1.29, 1.82) is 0 Å². The van der Waals surface area contributed by atoms with Crippen molar-refractivity contribution in [2.24, 2.45) is 0 Å². The van der Waals surface area contributed by atoms with E-state index in [0.29, 0.717) is 6.54 Å². The van der Waals surface area contributed by atoms with Crippen molar-refractivity contribution >= 4 is 17.1 Å².